The van der Waals surface area contributed by atoms with E-state index in [4.69, 9.17) is 4.74 Å². The zero-order valence-corrected chi connectivity index (χ0v) is 17.4. The van der Waals surface area contributed by atoms with Gasteiger partial charge in [0, 0.05) is 12.6 Å². The van der Waals surface area contributed by atoms with Crippen LogP contribution in [-0.2, 0) is 16.1 Å². The molecular formula is C24H29FN2O3. The number of carbonyl (C=O) groups is 2. The fraction of sp³-hybridized carbons (Fsp3) is 0.417. The summed E-state index contributed by atoms with van der Waals surface area (Å²) >= 11 is 0. The summed E-state index contributed by atoms with van der Waals surface area (Å²) in [6.45, 7) is 1.84. The molecule has 30 heavy (non-hydrogen) atoms. The summed E-state index contributed by atoms with van der Waals surface area (Å²) in [7, 11) is 0. The summed E-state index contributed by atoms with van der Waals surface area (Å²) in [6, 6.07) is 14.6. The first-order valence-electron chi connectivity index (χ1n) is 10.5. The van der Waals surface area contributed by atoms with Crippen molar-refractivity contribution in [1.82, 2.24) is 10.2 Å². The van der Waals surface area contributed by atoms with Gasteiger partial charge in [-0.25, -0.2) is 4.39 Å². The smallest absolute Gasteiger partial charge is 0.261 e. The Bertz CT molecular complexity index is 820. The lowest BCUT2D eigenvalue weighted by molar-refractivity contribution is -0.142. The molecule has 1 atom stereocenters. The molecule has 0 aromatic heterocycles. The number of ether oxygens (including phenoxy) is 1. The molecule has 0 radical (unpaired) electrons. The van der Waals surface area contributed by atoms with Crippen molar-refractivity contribution in [2.45, 2.75) is 57.7 Å². The first-order valence-corrected chi connectivity index (χ1v) is 10.5. The lowest BCUT2D eigenvalue weighted by Gasteiger charge is -2.31. The first-order chi connectivity index (χ1) is 14.5. The highest BCUT2D eigenvalue weighted by Crippen LogP contribution is 2.18. The van der Waals surface area contributed by atoms with Crippen molar-refractivity contribution >= 4 is 11.8 Å². The number of rotatable bonds is 8. The van der Waals surface area contributed by atoms with E-state index >= 15 is 0 Å². The molecule has 0 saturated heterocycles. The molecule has 1 fully saturated rings. The Morgan fingerprint density at radius 1 is 1.07 bits per heavy atom. The van der Waals surface area contributed by atoms with Crippen LogP contribution in [0.3, 0.4) is 0 Å². The van der Waals surface area contributed by atoms with Crippen molar-refractivity contribution in [3.63, 3.8) is 0 Å². The van der Waals surface area contributed by atoms with E-state index < -0.39 is 6.04 Å². The van der Waals surface area contributed by atoms with Gasteiger partial charge < -0.3 is 15.0 Å². The van der Waals surface area contributed by atoms with Gasteiger partial charge in [-0.15, -0.1) is 0 Å². The summed E-state index contributed by atoms with van der Waals surface area (Å²) < 4.78 is 18.6. The fourth-order valence-electron chi connectivity index (χ4n) is 3.69. The van der Waals surface area contributed by atoms with Crippen LogP contribution >= 0.6 is 0 Å². The van der Waals surface area contributed by atoms with E-state index in [9.17, 15) is 14.0 Å². The topological polar surface area (TPSA) is 58.6 Å². The minimum atomic E-state index is -0.628. The molecule has 2 amide bonds. The molecule has 2 aromatic carbocycles. The average Bonchev–Trinajstić information content (AvgIpc) is 2.78. The van der Waals surface area contributed by atoms with Gasteiger partial charge in [0.1, 0.15) is 17.6 Å². The van der Waals surface area contributed by atoms with Crippen LogP contribution in [0.5, 0.6) is 5.75 Å². The quantitative estimate of drug-likeness (QED) is 0.711. The first kappa shape index (κ1) is 21.8. The second-order valence-corrected chi connectivity index (χ2v) is 7.77. The van der Waals surface area contributed by atoms with Crippen molar-refractivity contribution in [1.29, 1.82) is 0 Å². The standard InChI is InChI=1S/C24H29FN2O3/c1-18(24(29)26-21-10-6-3-7-11-21)27(16-19-8-4-2-5-9-19)23(28)17-30-22-14-12-20(25)13-15-22/h2,4-5,8-9,12-15,18,21H,3,6-7,10-11,16-17H2,1H3,(H,26,29)/t18-/m0/s1. The molecule has 0 aliphatic heterocycles. The molecule has 5 nitrogen and oxygen atoms in total. The summed E-state index contributed by atoms with van der Waals surface area (Å²) in [5.41, 5.74) is 0.935. The average molecular weight is 413 g/mol. The number of halogens is 1. The van der Waals surface area contributed by atoms with E-state index in [1.165, 1.54) is 35.6 Å². The number of hydrogen-bond acceptors (Lipinski definition) is 3. The van der Waals surface area contributed by atoms with E-state index in [0.29, 0.717) is 12.3 Å². The number of nitrogens with zero attached hydrogens (tertiary/aromatic N) is 1. The summed E-state index contributed by atoms with van der Waals surface area (Å²) in [4.78, 5) is 27.4. The summed E-state index contributed by atoms with van der Waals surface area (Å²) in [5, 5.41) is 3.10. The third-order valence-electron chi connectivity index (χ3n) is 5.49. The SMILES string of the molecule is C[C@@H](C(=O)NC1CCCCC1)N(Cc1ccccc1)C(=O)COc1ccc(F)cc1. The third-order valence-corrected chi connectivity index (χ3v) is 5.49. The van der Waals surface area contributed by atoms with Crippen LogP contribution in [0.2, 0.25) is 0 Å². The van der Waals surface area contributed by atoms with Crippen LogP contribution in [0.15, 0.2) is 54.6 Å². The van der Waals surface area contributed by atoms with E-state index in [1.54, 1.807) is 6.92 Å². The number of carbonyl (C=O) groups excluding carboxylic acids is 2. The largest absolute Gasteiger partial charge is 0.484 e. The number of hydrogen-bond donors (Lipinski definition) is 1. The number of nitrogens with one attached hydrogen (secondary N) is 1. The van der Waals surface area contributed by atoms with Gasteiger partial charge in [-0.3, -0.25) is 9.59 Å². The van der Waals surface area contributed by atoms with Crippen LogP contribution < -0.4 is 10.1 Å². The maximum absolute atomic E-state index is 13.1. The molecule has 160 valence electrons. The molecule has 3 rings (SSSR count). The van der Waals surface area contributed by atoms with Gasteiger partial charge in [0.25, 0.3) is 5.91 Å². The van der Waals surface area contributed by atoms with Gasteiger partial charge in [0.15, 0.2) is 6.61 Å². The van der Waals surface area contributed by atoms with Gasteiger partial charge in [-0.2, -0.15) is 0 Å². The van der Waals surface area contributed by atoms with Crippen molar-refractivity contribution < 1.29 is 18.7 Å². The molecule has 1 aliphatic rings. The lowest BCUT2D eigenvalue weighted by atomic mass is 9.95. The number of benzene rings is 2. The maximum Gasteiger partial charge on any atom is 0.261 e. The van der Waals surface area contributed by atoms with Crippen molar-refractivity contribution in [2.75, 3.05) is 6.61 Å². The van der Waals surface area contributed by atoms with Gasteiger partial charge in [0.05, 0.1) is 0 Å². The molecule has 1 aliphatic carbocycles. The van der Waals surface area contributed by atoms with Crippen LogP contribution in [-0.4, -0.2) is 35.4 Å². The number of amides is 2. The Balaban J connectivity index is 1.67. The van der Waals surface area contributed by atoms with E-state index in [1.807, 2.05) is 30.3 Å². The molecular weight excluding hydrogens is 383 g/mol. The molecule has 6 heteroatoms. The maximum atomic E-state index is 13.1. The lowest BCUT2D eigenvalue weighted by Crippen LogP contribution is -2.51. The Kier molecular flexibility index (Phi) is 7.82. The Hall–Kier alpha value is -2.89. The highest BCUT2D eigenvalue weighted by molar-refractivity contribution is 5.88. The zero-order valence-electron chi connectivity index (χ0n) is 17.4. The molecule has 0 spiro atoms. The molecule has 1 saturated carbocycles. The van der Waals surface area contributed by atoms with Gasteiger partial charge >= 0.3 is 0 Å². The second kappa shape index (κ2) is 10.8. The van der Waals surface area contributed by atoms with Crippen LogP contribution in [0.25, 0.3) is 0 Å². The molecule has 2 aromatic rings. The summed E-state index contributed by atoms with van der Waals surface area (Å²) in [6.07, 6.45) is 5.42. The predicted octanol–water partition coefficient (Wildman–Crippen LogP) is 4.07. The van der Waals surface area contributed by atoms with Crippen molar-refractivity contribution in [3.05, 3.63) is 66.0 Å². The predicted molar refractivity (Wildman–Crippen MR) is 113 cm³/mol. The molecule has 1 N–H and O–H groups in total. The Morgan fingerprint density at radius 2 is 1.73 bits per heavy atom. The zero-order chi connectivity index (χ0) is 21.3. The van der Waals surface area contributed by atoms with Gasteiger partial charge in [-0.1, -0.05) is 49.6 Å². The molecule has 0 bridgehead atoms. The van der Waals surface area contributed by atoms with Gasteiger partial charge in [0.2, 0.25) is 5.91 Å². The fourth-order valence-corrected chi connectivity index (χ4v) is 3.69. The Morgan fingerprint density at radius 3 is 2.40 bits per heavy atom. The molecule has 0 unspecified atom stereocenters. The second-order valence-electron chi connectivity index (χ2n) is 7.77. The Labute approximate surface area is 177 Å². The van der Waals surface area contributed by atoms with Crippen molar-refractivity contribution in [2.24, 2.45) is 0 Å². The van der Waals surface area contributed by atoms with E-state index in [0.717, 1.165) is 31.2 Å². The minimum absolute atomic E-state index is 0.145. The van der Waals surface area contributed by atoms with Crippen molar-refractivity contribution in [3.8, 4) is 5.75 Å². The highest BCUT2D eigenvalue weighted by Gasteiger charge is 2.28. The van der Waals surface area contributed by atoms with E-state index in [2.05, 4.69) is 5.32 Å². The van der Waals surface area contributed by atoms with Crippen LogP contribution in [0, 0.1) is 5.82 Å². The van der Waals surface area contributed by atoms with Gasteiger partial charge in [-0.05, 0) is 49.6 Å². The highest BCUT2D eigenvalue weighted by atomic mass is 19.1. The minimum Gasteiger partial charge on any atom is -0.484 e. The monoisotopic (exact) mass is 412 g/mol. The normalized spacial score (nSPS) is 15.3. The third kappa shape index (κ3) is 6.31. The van der Waals surface area contributed by atoms with Crippen LogP contribution in [0.4, 0.5) is 4.39 Å². The van der Waals surface area contributed by atoms with E-state index in [-0.39, 0.29) is 30.3 Å². The van der Waals surface area contributed by atoms with Crippen LogP contribution in [0.1, 0.15) is 44.6 Å². The summed E-state index contributed by atoms with van der Waals surface area (Å²) in [5.74, 6) is -0.404. The molecule has 0 heterocycles.